The number of aromatic nitrogens is 1. The fourth-order valence-corrected chi connectivity index (χ4v) is 2.19. The average Bonchev–Trinajstić information content (AvgIpc) is 2.29. The van der Waals surface area contributed by atoms with Crippen molar-refractivity contribution < 1.29 is 9.90 Å². The van der Waals surface area contributed by atoms with Crippen molar-refractivity contribution in [3.05, 3.63) is 24.0 Å². The van der Waals surface area contributed by atoms with E-state index in [0.717, 1.165) is 24.3 Å². The smallest absolute Gasteiger partial charge is 0.251 e. The molecule has 2 rings (SSSR count). The van der Waals surface area contributed by atoms with Crippen LogP contribution in [0.2, 0.25) is 0 Å². The van der Waals surface area contributed by atoms with Crippen LogP contribution in [0.25, 0.3) is 0 Å². The highest BCUT2D eigenvalue weighted by Crippen LogP contribution is 2.25. The second kappa shape index (κ2) is 4.33. The van der Waals surface area contributed by atoms with Gasteiger partial charge in [0.2, 0.25) is 0 Å². The number of hydrogen-bond acceptors (Lipinski definition) is 4. The molecule has 17 heavy (non-hydrogen) atoms. The zero-order valence-corrected chi connectivity index (χ0v) is 9.89. The summed E-state index contributed by atoms with van der Waals surface area (Å²) in [5, 5.41) is 10.1. The predicted molar refractivity (Wildman–Crippen MR) is 64.6 cm³/mol. The van der Waals surface area contributed by atoms with Crippen molar-refractivity contribution in [2.75, 3.05) is 18.0 Å². The number of nitrogens with zero attached hydrogens (tertiary/aromatic N) is 2. The van der Waals surface area contributed by atoms with E-state index in [-0.39, 0.29) is 6.54 Å². The summed E-state index contributed by atoms with van der Waals surface area (Å²) in [4.78, 5) is 17.4. The van der Waals surface area contributed by atoms with Crippen molar-refractivity contribution in [3.63, 3.8) is 0 Å². The number of anilines is 1. The second-order valence-electron chi connectivity index (χ2n) is 4.58. The van der Waals surface area contributed by atoms with Crippen LogP contribution in [0, 0.1) is 6.92 Å². The number of aryl methyl sites for hydroxylation is 1. The highest BCUT2D eigenvalue weighted by atomic mass is 16.3. The van der Waals surface area contributed by atoms with E-state index in [1.807, 2.05) is 24.0 Å². The van der Waals surface area contributed by atoms with Crippen LogP contribution in [0.1, 0.15) is 18.5 Å². The molecule has 3 N–H and O–H groups in total. The Morgan fingerprint density at radius 3 is 3.06 bits per heavy atom. The Labute approximate surface area is 100 Å². The molecule has 0 radical (unpaired) electrons. The minimum atomic E-state index is -1.41. The summed E-state index contributed by atoms with van der Waals surface area (Å²) in [5.74, 6) is -0.645. The molecule has 0 aromatic carbocycles. The van der Waals surface area contributed by atoms with Crippen molar-refractivity contribution in [2.45, 2.75) is 25.4 Å². The molecule has 0 bridgehead atoms. The third-order valence-electron chi connectivity index (χ3n) is 3.17. The number of pyridine rings is 1. The normalized spacial score (nSPS) is 24.7. The Hall–Kier alpha value is -1.62. The molecule has 1 aliphatic heterocycles. The third kappa shape index (κ3) is 2.39. The molecule has 0 spiro atoms. The van der Waals surface area contributed by atoms with Gasteiger partial charge >= 0.3 is 0 Å². The number of carbonyl (C=O) groups excluding carboxylic acids is 1. The molecule has 1 aliphatic rings. The highest BCUT2D eigenvalue weighted by Gasteiger charge is 2.38. The Bertz CT molecular complexity index is 436. The van der Waals surface area contributed by atoms with E-state index in [1.165, 1.54) is 0 Å². The minimum absolute atomic E-state index is 0.256. The van der Waals surface area contributed by atoms with Gasteiger partial charge in [-0.1, -0.05) is 0 Å². The maximum absolute atomic E-state index is 11.3. The molecule has 1 aromatic heterocycles. The first-order chi connectivity index (χ1) is 8.01. The fourth-order valence-electron chi connectivity index (χ4n) is 2.19. The zero-order valence-electron chi connectivity index (χ0n) is 9.89. The average molecular weight is 235 g/mol. The molecule has 0 unspecified atom stereocenters. The first kappa shape index (κ1) is 11.9. The molecule has 92 valence electrons. The molecule has 1 amide bonds. The summed E-state index contributed by atoms with van der Waals surface area (Å²) >= 11 is 0. The van der Waals surface area contributed by atoms with Crippen LogP contribution >= 0.6 is 0 Å². The summed E-state index contributed by atoms with van der Waals surface area (Å²) in [7, 11) is 0. The van der Waals surface area contributed by atoms with Gasteiger partial charge in [0, 0.05) is 24.1 Å². The first-order valence-electron chi connectivity index (χ1n) is 5.71. The van der Waals surface area contributed by atoms with Crippen molar-refractivity contribution in [3.8, 4) is 0 Å². The molecule has 1 saturated heterocycles. The zero-order chi connectivity index (χ0) is 12.5. The van der Waals surface area contributed by atoms with Crippen LogP contribution in [0.5, 0.6) is 0 Å². The van der Waals surface area contributed by atoms with Crippen LogP contribution < -0.4 is 10.6 Å². The number of nitrogens with two attached hydrogens (primary N) is 1. The van der Waals surface area contributed by atoms with Gasteiger partial charge in [-0.05, 0) is 31.9 Å². The van der Waals surface area contributed by atoms with E-state index in [9.17, 15) is 9.90 Å². The lowest BCUT2D eigenvalue weighted by Gasteiger charge is -2.38. The van der Waals surface area contributed by atoms with Gasteiger partial charge in [0.1, 0.15) is 0 Å². The Morgan fingerprint density at radius 2 is 2.41 bits per heavy atom. The number of amides is 1. The van der Waals surface area contributed by atoms with Crippen LogP contribution in [-0.2, 0) is 4.79 Å². The van der Waals surface area contributed by atoms with Gasteiger partial charge in [0.15, 0.2) is 5.60 Å². The van der Waals surface area contributed by atoms with Gasteiger partial charge in [0.25, 0.3) is 5.91 Å². The maximum Gasteiger partial charge on any atom is 0.251 e. The lowest BCUT2D eigenvalue weighted by molar-refractivity contribution is -0.137. The molecule has 5 nitrogen and oxygen atoms in total. The molecule has 0 saturated carbocycles. The largest absolute Gasteiger partial charge is 0.378 e. The number of aliphatic hydroxyl groups is 1. The van der Waals surface area contributed by atoms with Gasteiger partial charge in [-0.25, -0.2) is 0 Å². The van der Waals surface area contributed by atoms with Crippen LogP contribution in [-0.4, -0.2) is 34.7 Å². The van der Waals surface area contributed by atoms with Crippen molar-refractivity contribution in [2.24, 2.45) is 5.73 Å². The van der Waals surface area contributed by atoms with E-state index < -0.39 is 11.5 Å². The van der Waals surface area contributed by atoms with Crippen LogP contribution in [0.3, 0.4) is 0 Å². The fraction of sp³-hybridized carbons (Fsp3) is 0.500. The van der Waals surface area contributed by atoms with E-state index in [0.29, 0.717) is 6.42 Å². The van der Waals surface area contributed by atoms with Crippen molar-refractivity contribution >= 4 is 11.6 Å². The van der Waals surface area contributed by atoms with Gasteiger partial charge in [-0.2, -0.15) is 0 Å². The molecular formula is C12H17N3O2. The quantitative estimate of drug-likeness (QED) is 0.767. The maximum atomic E-state index is 11.3. The summed E-state index contributed by atoms with van der Waals surface area (Å²) < 4.78 is 0. The molecule has 1 aromatic rings. The monoisotopic (exact) mass is 235 g/mol. The molecule has 1 atom stereocenters. The van der Waals surface area contributed by atoms with Crippen LogP contribution in [0.15, 0.2) is 18.3 Å². The number of primary amides is 1. The van der Waals surface area contributed by atoms with E-state index in [4.69, 9.17) is 5.73 Å². The lowest BCUT2D eigenvalue weighted by Crippen LogP contribution is -2.56. The van der Waals surface area contributed by atoms with Crippen LogP contribution in [0.4, 0.5) is 5.69 Å². The predicted octanol–water partition coefficient (Wildman–Crippen LogP) is 0.207. The summed E-state index contributed by atoms with van der Waals surface area (Å²) in [6.07, 6.45) is 2.91. The van der Waals surface area contributed by atoms with Gasteiger partial charge in [-0.15, -0.1) is 0 Å². The van der Waals surface area contributed by atoms with E-state index in [1.54, 1.807) is 6.20 Å². The number of rotatable bonds is 2. The molecule has 5 heteroatoms. The van der Waals surface area contributed by atoms with E-state index in [2.05, 4.69) is 4.98 Å². The first-order valence-corrected chi connectivity index (χ1v) is 5.71. The Morgan fingerprint density at radius 1 is 1.65 bits per heavy atom. The number of β-amino-alcohol motifs (C(OH)–C–C–N with tert-alkyl or cyclic N) is 1. The lowest BCUT2D eigenvalue weighted by atomic mass is 9.92. The Balaban J connectivity index is 2.20. The van der Waals surface area contributed by atoms with Gasteiger partial charge < -0.3 is 15.7 Å². The third-order valence-corrected chi connectivity index (χ3v) is 3.17. The number of carbonyl (C=O) groups is 1. The highest BCUT2D eigenvalue weighted by molar-refractivity contribution is 5.84. The van der Waals surface area contributed by atoms with Gasteiger partial charge in [0.05, 0.1) is 6.54 Å². The Kier molecular flexibility index (Phi) is 3.02. The van der Waals surface area contributed by atoms with Gasteiger partial charge in [-0.3, -0.25) is 9.78 Å². The standard InChI is InChI=1S/C12H17N3O2/c1-9-7-10(3-5-14-9)15-6-2-4-12(17,8-15)11(13)16/h3,5,7,17H,2,4,6,8H2,1H3,(H2,13,16)/t12-/m1/s1. The summed E-state index contributed by atoms with van der Waals surface area (Å²) in [5.41, 5.74) is 5.72. The molecular weight excluding hydrogens is 218 g/mol. The van der Waals surface area contributed by atoms with Crippen molar-refractivity contribution in [1.29, 1.82) is 0 Å². The molecule has 2 heterocycles. The summed E-state index contributed by atoms with van der Waals surface area (Å²) in [6, 6.07) is 3.81. The van der Waals surface area contributed by atoms with Crippen molar-refractivity contribution in [1.82, 2.24) is 4.98 Å². The second-order valence-corrected chi connectivity index (χ2v) is 4.58. The number of piperidine rings is 1. The SMILES string of the molecule is Cc1cc(N2CCC[C@](O)(C(N)=O)C2)ccn1. The molecule has 0 aliphatic carbocycles. The minimum Gasteiger partial charge on any atom is -0.378 e. The van der Waals surface area contributed by atoms with E-state index >= 15 is 0 Å². The topological polar surface area (TPSA) is 79.5 Å². The molecule has 1 fully saturated rings. The number of hydrogen-bond donors (Lipinski definition) is 2. The summed E-state index contributed by atoms with van der Waals surface area (Å²) in [6.45, 7) is 2.98.